The number of benzene rings is 2. The zero-order chi connectivity index (χ0) is 20.6. The molecule has 0 radical (unpaired) electrons. The first-order chi connectivity index (χ1) is 12.3. The van der Waals surface area contributed by atoms with Gasteiger partial charge in [0.05, 0.1) is 9.79 Å². The molecule has 0 fully saturated rings. The molecule has 12 heteroatoms. The van der Waals surface area contributed by atoms with Crippen LogP contribution in [0.3, 0.4) is 0 Å². The van der Waals surface area contributed by atoms with Crippen LogP contribution in [0.5, 0.6) is 0 Å². The Morgan fingerprint density at radius 2 is 1.56 bits per heavy atom. The normalized spacial score (nSPS) is 12.0. The van der Waals surface area contributed by atoms with E-state index in [9.17, 15) is 35.7 Å². The second-order valence-corrected chi connectivity index (χ2v) is 9.28. The van der Waals surface area contributed by atoms with Gasteiger partial charge in [0.1, 0.15) is 0 Å². The van der Waals surface area contributed by atoms with E-state index in [1.54, 1.807) is 0 Å². The number of halogens is 2. The Hall–Kier alpha value is -2.60. The van der Waals surface area contributed by atoms with Crippen LogP contribution in [-0.2, 0) is 19.9 Å². The molecule has 0 amide bonds. The number of hydrogen-bond donors (Lipinski definition) is 1. The molecule has 2 aromatic carbocycles. The third-order valence-corrected chi connectivity index (χ3v) is 6.70. The molecule has 27 heavy (non-hydrogen) atoms. The van der Waals surface area contributed by atoms with Gasteiger partial charge in [-0.1, -0.05) is 0 Å². The number of nitrogens with one attached hydrogen (secondary N) is 1. The maximum absolute atomic E-state index is 13.3. The van der Waals surface area contributed by atoms with Gasteiger partial charge >= 0.3 is 5.88 Å². The van der Waals surface area contributed by atoms with Gasteiger partial charge in [-0.25, -0.2) is 25.6 Å². The second-order valence-electron chi connectivity index (χ2n) is 5.70. The van der Waals surface area contributed by atoms with Crippen LogP contribution in [0.15, 0.2) is 40.1 Å². The number of aryl methyl sites for hydroxylation is 2. The van der Waals surface area contributed by atoms with Gasteiger partial charge in [0.15, 0.2) is 11.6 Å². The van der Waals surface area contributed by atoms with Crippen molar-refractivity contribution in [2.75, 3.05) is 10.6 Å². The SMILES string of the molecule is Cc1cc(NS(=O)(=O)c2ccc(F)c(F)c2)cc(C)c1S(=O)(=O)C[N+](=O)[O-]. The van der Waals surface area contributed by atoms with Crippen molar-refractivity contribution >= 4 is 25.5 Å². The summed E-state index contributed by atoms with van der Waals surface area (Å²) in [6.07, 6.45) is 0. The molecule has 0 aliphatic rings. The lowest BCUT2D eigenvalue weighted by atomic mass is 10.1. The summed E-state index contributed by atoms with van der Waals surface area (Å²) in [4.78, 5) is 8.78. The van der Waals surface area contributed by atoms with Crippen molar-refractivity contribution in [1.29, 1.82) is 0 Å². The molecule has 1 N–H and O–H groups in total. The number of hydrogen-bond acceptors (Lipinski definition) is 6. The van der Waals surface area contributed by atoms with E-state index in [0.717, 1.165) is 6.07 Å². The van der Waals surface area contributed by atoms with Gasteiger partial charge in [0.25, 0.3) is 10.0 Å². The topological polar surface area (TPSA) is 123 Å². The van der Waals surface area contributed by atoms with Crippen LogP contribution in [0.25, 0.3) is 0 Å². The maximum atomic E-state index is 13.3. The number of nitrogens with zero attached hydrogens (tertiary/aromatic N) is 1. The zero-order valence-electron chi connectivity index (χ0n) is 14.1. The minimum atomic E-state index is -4.27. The van der Waals surface area contributed by atoms with E-state index in [-0.39, 0.29) is 21.7 Å². The molecule has 0 bridgehead atoms. The Kier molecular flexibility index (Phi) is 5.52. The van der Waals surface area contributed by atoms with Gasteiger partial charge in [-0.3, -0.25) is 14.8 Å². The minimum Gasteiger partial charge on any atom is -0.280 e. The minimum absolute atomic E-state index is 0.0326. The Balaban J connectivity index is 2.44. The van der Waals surface area contributed by atoms with E-state index in [4.69, 9.17) is 0 Å². The standard InChI is InChI=1S/C15H14F2N2O6S2/c1-9-5-11(6-10(2)15(9)26(22,23)8-19(20)21)18-27(24,25)12-3-4-13(16)14(17)7-12/h3-7,18H,8H2,1-2H3. The molecule has 0 atom stereocenters. The molecule has 0 heterocycles. The van der Waals surface area contributed by atoms with Gasteiger partial charge in [0.2, 0.25) is 9.84 Å². The van der Waals surface area contributed by atoms with E-state index >= 15 is 0 Å². The molecular formula is C15H14F2N2O6S2. The molecule has 0 aromatic heterocycles. The van der Waals surface area contributed by atoms with Gasteiger partial charge in [0, 0.05) is 10.6 Å². The van der Waals surface area contributed by atoms with Crippen molar-refractivity contribution in [3.8, 4) is 0 Å². The van der Waals surface area contributed by atoms with Crippen LogP contribution in [0.2, 0.25) is 0 Å². The number of sulfone groups is 1. The predicted octanol–water partition coefficient (Wildman–Crippen LogP) is 2.39. The predicted molar refractivity (Wildman–Crippen MR) is 92.1 cm³/mol. The van der Waals surface area contributed by atoms with Crippen LogP contribution in [0, 0.1) is 35.6 Å². The van der Waals surface area contributed by atoms with Crippen LogP contribution in [0.4, 0.5) is 14.5 Å². The van der Waals surface area contributed by atoms with E-state index in [1.807, 2.05) is 0 Å². The van der Waals surface area contributed by atoms with Gasteiger partial charge < -0.3 is 0 Å². The highest BCUT2D eigenvalue weighted by Crippen LogP contribution is 2.27. The Labute approximate surface area is 154 Å². The van der Waals surface area contributed by atoms with Crippen molar-refractivity contribution < 1.29 is 30.5 Å². The third-order valence-electron chi connectivity index (χ3n) is 3.50. The van der Waals surface area contributed by atoms with Gasteiger partial charge in [-0.05, 0) is 55.3 Å². The number of nitro groups is 1. The molecule has 0 aliphatic carbocycles. The molecule has 146 valence electrons. The van der Waals surface area contributed by atoms with E-state index in [2.05, 4.69) is 4.72 Å². The van der Waals surface area contributed by atoms with E-state index in [0.29, 0.717) is 12.1 Å². The first-order valence-corrected chi connectivity index (χ1v) is 10.4. The summed E-state index contributed by atoms with van der Waals surface area (Å²) >= 11 is 0. The molecule has 0 spiro atoms. The lowest BCUT2D eigenvalue weighted by Gasteiger charge is -2.13. The van der Waals surface area contributed by atoms with Crippen LogP contribution in [0.1, 0.15) is 11.1 Å². The van der Waals surface area contributed by atoms with Gasteiger partial charge in [-0.2, -0.15) is 0 Å². The molecule has 0 aliphatic heterocycles. The van der Waals surface area contributed by atoms with Crippen LogP contribution >= 0.6 is 0 Å². The molecule has 2 aromatic rings. The summed E-state index contributed by atoms with van der Waals surface area (Å²) in [5.74, 6) is -3.85. The third kappa shape index (κ3) is 4.57. The number of sulfonamides is 1. The summed E-state index contributed by atoms with van der Waals surface area (Å²) < 4.78 is 77.2. The average molecular weight is 420 g/mol. The fourth-order valence-electron chi connectivity index (χ4n) is 2.56. The van der Waals surface area contributed by atoms with Crippen LogP contribution in [-0.4, -0.2) is 27.6 Å². The highest BCUT2D eigenvalue weighted by atomic mass is 32.2. The Morgan fingerprint density at radius 1 is 1.00 bits per heavy atom. The Morgan fingerprint density at radius 3 is 2.04 bits per heavy atom. The number of anilines is 1. The maximum Gasteiger partial charge on any atom is 0.305 e. The summed E-state index contributed by atoms with van der Waals surface area (Å²) in [5.41, 5.74) is 0.162. The van der Waals surface area contributed by atoms with Crippen molar-refractivity contribution in [2.24, 2.45) is 0 Å². The Bertz CT molecular complexity index is 1110. The largest absolute Gasteiger partial charge is 0.305 e. The molecule has 0 unspecified atom stereocenters. The summed E-state index contributed by atoms with van der Waals surface area (Å²) in [6, 6.07) is 4.39. The smallest absolute Gasteiger partial charge is 0.280 e. The highest BCUT2D eigenvalue weighted by Gasteiger charge is 2.26. The second kappa shape index (κ2) is 7.19. The molecule has 0 saturated carbocycles. The number of rotatable bonds is 6. The monoisotopic (exact) mass is 420 g/mol. The molecule has 0 saturated heterocycles. The quantitative estimate of drug-likeness (QED) is 0.565. The van der Waals surface area contributed by atoms with Crippen LogP contribution < -0.4 is 4.72 Å². The highest BCUT2D eigenvalue weighted by molar-refractivity contribution is 7.92. The fraction of sp³-hybridized carbons (Fsp3) is 0.200. The average Bonchev–Trinajstić information content (AvgIpc) is 2.46. The molecule has 8 nitrogen and oxygen atoms in total. The molecular weight excluding hydrogens is 406 g/mol. The summed E-state index contributed by atoms with van der Waals surface area (Å²) in [7, 11) is -8.48. The van der Waals surface area contributed by atoms with Gasteiger partial charge in [-0.15, -0.1) is 0 Å². The summed E-state index contributed by atoms with van der Waals surface area (Å²) in [5, 5.41) is 10.6. The van der Waals surface area contributed by atoms with Crippen molar-refractivity contribution in [3.63, 3.8) is 0 Å². The fourth-order valence-corrected chi connectivity index (χ4v) is 5.12. The summed E-state index contributed by atoms with van der Waals surface area (Å²) in [6.45, 7) is 2.71. The lowest BCUT2D eigenvalue weighted by molar-refractivity contribution is -0.458. The van der Waals surface area contributed by atoms with Crippen molar-refractivity contribution in [1.82, 2.24) is 0 Å². The van der Waals surface area contributed by atoms with Crippen molar-refractivity contribution in [3.05, 3.63) is 63.2 Å². The first-order valence-electron chi connectivity index (χ1n) is 7.27. The van der Waals surface area contributed by atoms with Crippen molar-refractivity contribution in [2.45, 2.75) is 23.6 Å². The van der Waals surface area contributed by atoms with E-state index < -0.39 is 47.2 Å². The molecule has 2 rings (SSSR count). The zero-order valence-corrected chi connectivity index (χ0v) is 15.7. The lowest BCUT2D eigenvalue weighted by Crippen LogP contribution is -2.18. The first kappa shape index (κ1) is 20.7. The van der Waals surface area contributed by atoms with E-state index in [1.165, 1.54) is 26.0 Å².